The van der Waals surface area contributed by atoms with Crippen LogP contribution < -0.4 is 5.32 Å². The van der Waals surface area contributed by atoms with E-state index in [1.54, 1.807) is 12.3 Å². The van der Waals surface area contributed by atoms with Crippen molar-refractivity contribution in [2.24, 2.45) is 0 Å². The predicted octanol–water partition coefficient (Wildman–Crippen LogP) is 1.16. The van der Waals surface area contributed by atoms with Gasteiger partial charge in [0.15, 0.2) is 0 Å². The second kappa shape index (κ2) is 6.65. The Hall–Kier alpha value is -2.21. The van der Waals surface area contributed by atoms with Gasteiger partial charge in [-0.3, -0.25) is 4.68 Å². The van der Waals surface area contributed by atoms with Gasteiger partial charge in [-0.15, -0.1) is 0 Å². The number of rotatable bonds is 7. The Morgan fingerprint density at radius 2 is 2.26 bits per heavy atom. The highest BCUT2D eigenvalue weighted by Crippen LogP contribution is 1.99. The summed E-state index contributed by atoms with van der Waals surface area (Å²) in [6, 6.07) is 6.91. The first-order chi connectivity index (χ1) is 9.25. The zero-order valence-corrected chi connectivity index (χ0v) is 10.5. The van der Waals surface area contributed by atoms with Gasteiger partial charge in [0.25, 0.3) is 0 Å². The number of nitrogens with one attached hydrogen (secondary N) is 1. The van der Waals surface area contributed by atoms with Crippen LogP contribution in [0.15, 0.2) is 36.7 Å². The number of nitrogens with zero attached hydrogens (tertiary/aromatic N) is 3. The second-order valence-electron chi connectivity index (χ2n) is 4.12. The lowest BCUT2D eigenvalue weighted by Crippen LogP contribution is -2.18. The molecule has 2 N–H and O–H groups in total. The van der Waals surface area contributed by atoms with Gasteiger partial charge >= 0.3 is 5.97 Å². The number of aryl methyl sites for hydroxylation is 1. The van der Waals surface area contributed by atoms with Gasteiger partial charge < -0.3 is 10.4 Å². The van der Waals surface area contributed by atoms with Crippen LogP contribution in [0.1, 0.15) is 22.6 Å². The Morgan fingerprint density at radius 1 is 1.37 bits per heavy atom. The molecule has 6 heteroatoms. The molecule has 0 aromatic carbocycles. The van der Waals surface area contributed by atoms with Gasteiger partial charge in [-0.05, 0) is 31.2 Å². The van der Waals surface area contributed by atoms with E-state index in [2.05, 4.69) is 15.4 Å². The molecule has 2 aromatic heterocycles. The first-order valence-corrected chi connectivity index (χ1v) is 6.13. The SMILES string of the molecule is O=C(O)c1cccc(CNCCCn2cccn2)n1. The van der Waals surface area contributed by atoms with Gasteiger partial charge in [0.2, 0.25) is 0 Å². The monoisotopic (exact) mass is 260 g/mol. The Kier molecular flexibility index (Phi) is 4.63. The van der Waals surface area contributed by atoms with Crippen molar-refractivity contribution in [2.75, 3.05) is 6.54 Å². The molecule has 0 saturated heterocycles. The third-order valence-electron chi connectivity index (χ3n) is 2.63. The minimum atomic E-state index is -1.000. The van der Waals surface area contributed by atoms with Crippen LogP contribution in [-0.2, 0) is 13.1 Å². The number of aromatic carboxylic acids is 1. The topological polar surface area (TPSA) is 80.0 Å². The lowest BCUT2D eigenvalue weighted by Gasteiger charge is -2.05. The van der Waals surface area contributed by atoms with Crippen LogP contribution in [0.4, 0.5) is 0 Å². The van der Waals surface area contributed by atoms with Crippen molar-refractivity contribution in [3.05, 3.63) is 48.0 Å². The van der Waals surface area contributed by atoms with Crippen molar-refractivity contribution >= 4 is 5.97 Å². The summed E-state index contributed by atoms with van der Waals surface area (Å²) >= 11 is 0. The lowest BCUT2D eigenvalue weighted by molar-refractivity contribution is 0.0690. The number of aromatic nitrogens is 3. The Labute approximate surface area is 111 Å². The summed E-state index contributed by atoms with van der Waals surface area (Å²) in [5, 5.41) is 16.2. The van der Waals surface area contributed by atoms with Crippen molar-refractivity contribution in [3.63, 3.8) is 0 Å². The van der Waals surface area contributed by atoms with E-state index in [4.69, 9.17) is 5.11 Å². The molecule has 0 bridgehead atoms. The quantitative estimate of drug-likeness (QED) is 0.730. The van der Waals surface area contributed by atoms with Crippen molar-refractivity contribution in [3.8, 4) is 0 Å². The van der Waals surface area contributed by atoms with E-state index in [9.17, 15) is 4.79 Å². The third kappa shape index (κ3) is 4.18. The zero-order chi connectivity index (χ0) is 13.5. The highest BCUT2D eigenvalue weighted by Gasteiger charge is 2.04. The van der Waals surface area contributed by atoms with Gasteiger partial charge in [0.05, 0.1) is 5.69 Å². The molecule has 0 aliphatic heterocycles. The number of pyridine rings is 1. The number of carboxylic acids is 1. The van der Waals surface area contributed by atoms with E-state index in [1.165, 1.54) is 6.07 Å². The third-order valence-corrected chi connectivity index (χ3v) is 2.63. The van der Waals surface area contributed by atoms with Crippen LogP contribution in [0.2, 0.25) is 0 Å². The minimum Gasteiger partial charge on any atom is -0.477 e. The summed E-state index contributed by atoms with van der Waals surface area (Å²) in [7, 11) is 0. The van der Waals surface area contributed by atoms with Crippen molar-refractivity contribution in [1.82, 2.24) is 20.1 Å². The molecule has 0 aliphatic rings. The molecule has 100 valence electrons. The maximum Gasteiger partial charge on any atom is 0.354 e. The maximum atomic E-state index is 10.8. The van der Waals surface area contributed by atoms with E-state index in [1.807, 2.05) is 23.0 Å². The number of carbonyl (C=O) groups is 1. The molecular formula is C13H16N4O2. The Bertz CT molecular complexity index is 525. The van der Waals surface area contributed by atoms with Gasteiger partial charge in [-0.1, -0.05) is 6.07 Å². The van der Waals surface area contributed by atoms with Crippen LogP contribution >= 0.6 is 0 Å². The van der Waals surface area contributed by atoms with E-state index >= 15 is 0 Å². The van der Waals surface area contributed by atoms with Crippen molar-refractivity contribution in [1.29, 1.82) is 0 Å². The molecule has 0 aliphatic carbocycles. The highest BCUT2D eigenvalue weighted by molar-refractivity contribution is 5.85. The van der Waals surface area contributed by atoms with Gasteiger partial charge in [-0.25, -0.2) is 9.78 Å². The Balaban J connectivity index is 1.70. The summed E-state index contributed by atoms with van der Waals surface area (Å²) in [6.45, 7) is 2.27. The molecule has 2 heterocycles. The zero-order valence-electron chi connectivity index (χ0n) is 10.5. The summed E-state index contributed by atoms with van der Waals surface area (Å²) in [6.07, 6.45) is 4.65. The summed E-state index contributed by atoms with van der Waals surface area (Å²) < 4.78 is 1.88. The van der Waals surface area contributed by atoms with Crippen molar-refractivity contribution < 1.29 is 9.90 Å². The minimum absolute atomic E-state index is 0.0795. The molecule has 0 amide bonds. The summed E-state index contributed by atoms with van der Waals surface area (Å²) in [5.74, 6) is -1.000. The molecule has 2 rings (SSSR count). The van der Waals surface area contributed by atoms with Crippen LogP contribution in [0, 0.1) is 0 Å². The van der Waals surface area contributed by atoms with E-state index in [0.29, 0.717) is 6.54 Å². The molecule has 2 aromatic rings. The van der Waals surface area contributed by atoms with Crippen LogP contribution in [0.25, 0.3) is 0 Å². The molecular weight excluding hydrogens is 244 g/mol. The van der Waals surface area contributed by atoms with Crippen LogP contribution in [0.3, 0.4) is 0 Å². The fraction of sp³-hybridized carbons (Fsp3) is 0.308. The number of hydrogen-bond acceptors (Lipinski definition) is 4. The Morgan fingerprint density at radius 3 is 3.00 bits per heavy atom. The molecule has 0 spiro atoms. The largest absolute Gasteiger partial charge is 0.477 e. The molecule has 6 nitrogen and oxygen atoms in total. The number of hydrogen-bond donors (Lipinski definition) is 2. The fourth-order valence-corrected chi connectivity index (χ4v) is 1.71. The smallest absolute Gasteiger partial charge is 0.354 e. The lowest BCUT2D eigenvalue weighted by atomic mass is 10.3. The fourth-order valence-electron chi connectivity index (χ4n) is 1.71. The normalized spacial score (nSPS) is 10.5. The average Bonchev–Trinajstić information content (AvgIpc) is 2.92. The average molecular weight is 260 g/mol. The van der Waals surface area contributed by atoms with E-state index < -0.39 is 5.97 Å². The number of carboxylic acid groups (broad SMARTS) is 1. The predicted molar refractivity (Wildman–Crippen MR) is 69.7 cm³/mol. The van der Waals surface area contributed by atoms with Crippen LogP contribution in [0.5, 0.6) is 0 Å². The molecule has 0 fully saturated rings. The van der Waals surface area contributed by atoms with Gasteiger partial charge in [0, 0.05) is 25.5 Å². The molecule has 0 atom stereocenters. The van der Waals surface area contributed by atoms with Crippen LogP contribution in [-0.4, -0.2) is 32.4 Å². The van der Waals surface area contributed by atoms with Gasteiger partial charge in [0.1, 0.15) is 5.69 Å². The van der Waals surface area contributed by atoms with Gasteiger partial charge in [-0.2, -0.15) is 5.10 Å². The molecule has 0 unspecified atom stereocenters. The highest BCUT2D eigenvalue weighted by atomic mass is 16.4. The van der Waals surface area contributed by atoms with E-state index in [-0.39, 0.29) is 5.69 Å². The molecule has 0 saturated carbocycles. The van der Waals surface area contributed by atoms with Crippen molar-refractivity contribution in [2.45, 2.75) is 19.5 Å². The standard InChI is InChI=1S/C13H16N4O2/c18-13(19)12-5-1-4-11(16-12)10-14-6-2-8-17-9-3-7-15-17/h1,3-5,7,9,14H,2,6,8,10H2,(H,18,19). The second-order valence-corrected chi connectivity index (χ2v) is 4.12. The first kappa shape index (κ1) is 13.2. The summed E-state index contributed by atoms with van der Waals surface area (Å²) in [5.41, 5.74) is 0.815. The molecule has 0 radical (unpaired) electrons. The first-order valence-electron chi connectivity index (χ1n) is 6.13. The maximum absolute atomic E-state index is 10.8. The molecule has 19 heavy (non-hydrogen) atoms. The summed E-state index contributed by atoms with van der Waals surface area (Å²) in [4.78, 5) is 14.8. The van der Waals surface area contributed by atoms with E-state index in [0.717, 1.165) is 25.2 Å².